The molecule has 0 saturated heterocycles. The molecule has 0 atom stereocenters. The van der Waals surface area contributed by atoms with Crippen LogP contribution >= 0.6 is 0 Å². The van der Waals surface area contributed by atoms with Crippen molar-refractivity contribution in [3.05, 3.63) is 89.5 Å². The molecule has 0 aliphatic heterocycles. The summed E-state index contributed by atoms with van der Waals surface area (Å²) in [6.45, 7) is 14.5. The molecule has 0 amide bonds. The number of hydrogen-bond donors (Lipinski definition) is 1. The van der Waals surface area contributed by atoms with Gasteiger partial charge in [0.25, 0.3) is 0 Å². The van der Waals surface area contributed by atoms with Gasteiger partial charge in [0.05, 0.1) is 78.2 Å². The molecule has 0 saturated carbocycles. The van der Waals surface area contributed by atoms with Gasteiger partial charge in [-0.2, -0.15) is 0 Å². The Kier molecular flexibility index (Phi) is 43.3. The molecule has 0 aliphatic rings. The molecule has 0 spiro atoms. The van der Waals surface area contributed by atoms with E-state index < -0.39 is 5.97 Å². The van der Waals surface area contributed by atoms with Gasteiger partial charge < -0.3 is 52.5 Å². The fourth-order valence-corrected chi connectivity index (χ4v) is 9.09. The lowest BCUT2D eigenvalue weighted by molar-refractivity contribution is -0.139. The molecule has 0 aliphatic carbocycles. The molecule has 458 valence electrons. The van der Waals surface area contributed by atoms with Gasteiger partial charge in [-0.1, -0.05) is 205 Å². The van der Waals surface area contributed by atoms with Crippen molar-refractivity contribution in [2.24, 2.45) is 0 Å². The standard InChI is InChI=1S/C68H108O13/c1-5-7-9-11-13-15-18-22-26-30-43-75-62-38-34-59(35-39-62)56-80-65-55-61(68(71)79-53-52-74-51-50-73-49-48-72-47-42-69)54-64(77-45-32-28-24-20-17-21-25-29-33-46-78-67(70)58(3)4)66(65)81-57-60-36-40-63(41-37-60)76-44-31-27-23-19-16-14-12-10-8-6-2/h34-41,54-55,69H,3,5-33,42-53,56-57H2,1-2,4H3. The zero-order valence-corrected chi connectivity index (χ0v) is 50.7. The number of hydrogen-bond acceptors (Lipinski definition) is 13. The van der Waals surface area contributed by atoms with Crippen LogP contribution in [-0.2, 0) is 41.7 Å². The summed E-state index contributed by atoms with van der Waals surface area (Å²) in [5, 5.41) is 8.86. The van der Waals surface area contributed by atoms with Crippen molar-refractivity contribution in [1.82, 2.24) is 0 Å². The van der Waals surface area contributed by atoms with Crippen LogP contribution in [0.3, 0.4) is 0 Å². The Balaban J connectivity index is 1.67. The predicted molar refractivity (Wildman–Crippen MR) is 325 cm³/mol. The number of carbonyl (C=O) groups is 2. The van der Waals surface area contributed by atoms with Crippen LogP contribution < -0.4 is 23.7 Å². The van der Waals surface area contributed by atoms with Gasteiger partial charge in [-0.05, 0) is 80.1 Å². The molecule has 81 heavy (non-hydrogen) atoms. The van der Waals surface area contributed by atoms with Crippen molar-refractivity contribution in [2.45, 2.75) is 220 Å². The summed E-state index contributed by atoms with van der Waals surface area (Å²) >= 11 is 0. The summed E-state index contributed by atoms with van der Waals surface area (Å²) in [4.78, 5) is 25.4. The fourth-order valence-electron chi connectivity index (χ4n) is 9.09. The molecular weight excluding hydrogens is 1020 g/mol. The summed E-state index contributed by atoms with van der Waals surface area (Å²) < 4.78 is 59.2. The minimum atomic E-state index is -0.540. The highest BCUT2D eigenvalue weighted by Crippen LogP contribution is 2.41. The van der Waals surface area contributed by atoms with Gasteiger partial charge in [0.1, 0.15) is 31.3 Å². The van der Waals surface area contributed by atoms with E-state index in [1.54, 1.807) is 19.1 Å². The van der Waals surface area contributed by atoms with Gasteiger partial charge >= 0.3 is 11.9 Å². The van der Waals surface area contributed by atoms with Crippen molar-refractivity contribution in [1.29, 1.82) is 0 Å². The van der Waals surface area contributed by atoms with Gasteiger partial charge in [-0.15, -0.1) is 0 Å². The van der Waals surface area contributed by atoms with Crippen LogP contribution in [0.25, 0.3) is 0 Å². The quantitative estimate of drug-likeness (QED) is 0.0325. The van der Waals surface area contributed by atoms with Crippen molar-refractivity contribution < 1.29 is 62.1 Å². The van der Waals surface area contributed by atoms with Gasteiger partial charge in [0.2, 0.25) is 5.75 Å². The number of carbonyl (C=O) groups excluding carboxylic acids is 2. The number of ether oxygens (including phenoxy) is 10. The van der Waals surface area contributed by atoms with Crippen LogP contribution in [0.4, 0.5) is 0 Å². The van der Waals surface area contributed by atoms with E-state index in [1.807, 2.05) is 48.5 Å². The van der Waals surface area contributed by atoms with E-state index in [9.17, 15) is 9.59 Å². The largest absolute Gasteiger partial charge is 0.494 e. The molecule has 0 bridgehead atoms. The van der Waals surface area contributed by atoms with Gasteiger partial charge in [0, 0.05) is 5.57 Å². The lowest BCUT2D eigenvalue weighted by Gasteiger charge is -2.19. The molecule has 13 nitrogen and oxygen atoms in total. The van der Waals surface area contributed by atoms with Crippen molar-refractivity contribution >= 4 is 11.9 Å². The Hall–Kier alpha value is -4.82. The molecule has 0 fully saturated rings. The van der Waals surface area contributed by atoms with Crippen LogP contribution in [0, 0.1) is 0 Å². The zero-order chi connectivity index (χ0) is 57.9. The minimum absolute atomic E-state index is 0.0267. The summed E-state index contributed by atoms with van der Waals surface area (Å²) in [6.07, 6.45) is 35.0. The van der Waals surface area contributed by atoms with Crippen LogP contribution in [-0.4, -0.2) is 96.3 Å². The normalized spacial score (nSPS) is 11.2. The van der Waals surface area contributed by atoms with E-state index in [-0.39, 0.29) is 51.2 Å². The summed E-state index contributed by atoms with van der Waals surface area (Å²) in [7, 11) is 0. The maximum atomic E-state index is 13.7. The Morgan fingerprint density at radius 2 is 0.753 bits per heavy atom. The maximum absolute atomic E-state index is 13.7. The second-order valence-electron chi connectivity index (χ2n) is 21.4. The second kappa shape index (κ2) is 49.8. The molecule has 0 aromatic heterocycles. The first-order chi connectivity index (χ1) is 39.8. The third-order valence-corrected chi connectivity index (χ3v) is 14.0. The average molecular weight is 1130 g/mol. The Morgan fingerprint density at radius 1 is 0.395 bits per heavy atom. The summed E-state index contributed by atoms with van der Waals surface area (Å²) in [5.74, 6) is 1.97. The van der Waals surface area contributed by atoms with E-state index >= 15 is 0 Å². The molecule has 0 unspecified atom stereocenters. The van der Waals surface area contributed by atoms with Crippen LogP contribution in [0.2, 0.25) is 0 Å². The first kappa shape index (κ1) is 70.4. The number of unbranched alkanes of at least 4 members (excludes halogenated alkanes) is 26. The van der Waals surface area contributed by atoms with Crippen LogP contribution in [0.5, 0.6) is 28.7 Å². The highest BCUT2D eigenvalue weighted by Gasteiger charge is 2.21. The predicted octanol–water partition coefficient (Wildman–Crippen LogP) is 16.7. The number of aliphatic hydroxyl groups excluding tert-OH is 1. The van der Waals surface area contributed by atoms with Gasteiger partial charge in [-0.3, -0.25) is 0 Å². The highest BCUT2D eigenvalue weighted by molar-refractivity contribution is 5.91. The van der Waals surface area contributed by atoms with Crippen molar-refractivity contribution in [3.8, 4) is 28.7 Å². The molecule has 0 radical (unpaired) electrons. The smallest absolute Gasteiger partial charge is 0.338 e. The fraction of sp³-hybridized carbons (Fsp3) is 0.676. The monoisotopic (exact) mass is 1130 g/mol. The SMILES string of the molecule is C=C(C)C(=O)OCCCCCCCCCCCOc1cc(C(=O)OCCOCCOCCOCCO)cc(OCc2ccc(OCCCCCCCCCCCC)cc2)c1OCc1ccc(OCCCCCCCCCCCC)cc1. The maximum Gasteiger partial charge on any atom is 0.338 e. The third-order valence-electron chi connectivity index (χ3n) is 14.0. The number of esters is 2. The molecular formula is C68H108O13. The Labute approximate surface area is 489 Å². The number of rotatable bonds is 56. The van der Waals surface area contributed by atoms with Crippen LogP contribution in [0.15, 0.2) is 72.8 Å². The molecule has 3 aromatic rings. The number of aliphatic hydroxyl groups is 1. The first-order valence-electron chi connectivity index (χ1n) is 31.7. The molecule has 3 rings (SSSR count). The van der Waals surface area contributed by atoms with Crippen LogP contribution in [0.1, 0.15) is 228 Å². The molecule has 1 N–H and O–H groups in total. The lowest BCUT2D eigenvalue weighted by Crippen LogP contribution is -2.15. The van der Waals surface area contributed by atoms with Gasteiger partial charge in [-0.25, -0.2) is 9.59 Å². The van der Waals surface area contributed by atoms with E-state index in [0.29, 0.717) is 75.7 Å². The molecule has 3 aromatic carbocycles. The van der Waals surface area contributed by atoms with Crippen molar-refractivity contribution in [2.75, 3.05) is 79.3 Å². The van der Waals surface area contributed by atoms with Crippen molar-refractivity contribution in [3.63, 3.8) is 0 Å². The molecule has 13 heteroatoms. The van der Waals surface area contributed by atoms with E-state index in [0.717, 1.165) is 93.3 Å². The zero-order valence-electron chi connectivity index (χ0n) is 50.7. The Morgan fingerprint density at radius 3 is 1.17 bits per heavy atom. The van der Waals surface area contributed by atoms with Gasteiger partial charge in [0.15, 0.2) is 11.5 Å². The van der Waals surface area contributed by atoms with E-state index in [2.05, 4.69) is 20.4 Å². The summed E-state index contributed by atoms with van der Waals surface area (Å²) in [6, 6.07) is 19.3. The second-order valence-corrected chi connectivity index (χ2v) is 21.4. The Bertz CT molecular complexity index is 1990. The highest BCUT2D eigenvalue weighted by atomic mass is 16.6. The third kappa shape index (κ3) is 37.1. The average Bonchev–Trinajstić information content (AvgIpc) is 3.56. The minimum Gasteiger partial charge on any atom is -0.494 e. The number of benzene rings is 3. The van der Waals surface area contributed by atoms with E-state index in [1.165, 1.54) is 116 Å². The first-order valence-corrected chi connectivity index (χ1v) is 31.7. The van der Waals surface area contributed by atoms with E-state index in [4.69, 9.17) is 52.5 Å². The topological polar surface area (TPSA) is 147 Å². The lowest BCUT2D eigenvalue weighted by atomic mass is 10.1. The summed E-state index contributed by atoms with van der Waals surface area (Å²) in [5.41, 5.74) is 2.58. The molecule has 0 heterocycles.